The van der Waals surface area contributed by atoms with Crippen LogP contribution in [0, 0.1) is 6.92 Å². The van der Waals surface area contributed by atoms with Gasteiger partial charge < -0.3 is 9.64 Å². The number of hydrogen-bond acceptors (Lipinski definition) is 7. The van der Waals surface area contributed by atoms with E-state index in [-0.39, 0.29) is 11.5 Å². The largest absolute Gasteiger partial charge is 0.467 e. The summed E-state index contributed by atoms with van der Waals surface area (Å²) in [6.45, 7) is 4.58. The quantitative estimate of drug-likeness (QED) is 0.863. The minimum atomic E-state index is -0.105. The summed E-state index contributed by atoms with van der Waals surface area (Å²) in [7, 11) is 5.31. The molecule has 25 heavy (non-hydrogen) atoms. The van der Waals surface area contributed by atoms with Crippen LogP contribution in [0.2, 0.25) is 0 Å². The van der Waals surface area contributed by atoms with Gasteiger partial charge in [-0.15, -0.1) is 0 Å². The Labute approximate surface area is 146 Å². The average molecular weight is 344 g/mol. The van der Waals surface area contributed by atoms with E-state index in [0.717, 1.165) is 43.0 Å². The van der Waals surface area contributed by atoms with Crippen molar-refractivity contribution in [3.63, 3.8) is 0 Å². The summed E-state index contributed by atoms with van der Waals surface area (Å²) in [5, 5.41) is 0. The molecule has 1 aliphatic rings. The molecule has 0 bridgehead atoms. The van der Waals surface area contributed by atoms with Gasteiger partial charge in [-0.1, -0.05) is 0 Å². The summed E-state index contributed by atoms with van der Waals surface area (Å²) in [5.41, 5.74) is 2.78. The number of rotatable bonds is 5. The van der Waals surface area contributed by atoms with Crippen molar-refractivity contribution in [2.24, 2.45) is 0 Å². The second-order valence-electron chi connectivity index (χ2n) is 6.58. The molecule has 0 aliphatic carbocycles. The highest BCUT2D eigenvalue weighted by atomic mass is 16.5. The van der Waals surface area contributed by atoms with Crippen LogP contribution < -0.4 is 15.2 Å². The van der Waals surface area contributed by atoms with Gasteiger partial charge in [0, 0.05) is 56.6 Å². The van der Waals surface area contributed by atoms with Gasteiger partial charge in [-0.2, -0.15) is 0 Å². The molecule has 1 atom stereocenters. The predicted octanol–water partition coefficient (Wildman–Crippen LogP) is 0.932. The number of aryl methyl sites for hydroxylation is 1. The molecule has 0 aromatic carbocycles. The summed E-state index contributed by atoms with van der Waals surface area (Å²) in [6, 6.07) is 2.01. The third kappa shape index (κ3) is 3.96. The molecule has 0 amide bonds. The van der Waals surface area contributed by atoms with Gasteiger partial charge in [-0.05, 0) is 19.9 Å². The minimum absolute atomic E-state index is 0.105. The van der Waals surface area contributed by atoms with E-state index in [4.69, 9.17) is 4.74 Å². The first-order valence-corrected chi connectivity index (χ1v) is 8.33. The topological polar surface area (TPSA) is 87.2 Å². The minimum Gasteiger partial charge on any atom is -0.467 e. The lowest BCUT2D eigenvalue weighted by Crippen LogP contribution is -2.23. The fraction of sp³-hybridized carbons (Fsp3) is 0.529. The second kappa shape index (κ2) is 7.18. The number of aromatic nitrogens is 4. The van der Waals surface area contributed by atoms with Crippen molar-refractivity contribution in [1.29, 1.82) is 0 Å². The van der Waals surface area contributed by atoms with E-state index in [2.05, 4.69) is 24.8 Å². The molecule has 1 fully saturated rings. The fourth-order valence-electron chi connectivity index (χ4n) is 3.07. The zero-order valence-electron chi connectivity index (χ0n) is 15.1. The van der Waals surface area contributed by atoms with Gasteiger partial charge >= 0.3 is 6.01 Å². The number of ether oxygens (including phenoxy) is 1. The number of nitrogens with zero attached hydrogens (tertiary/aromatic N) is 5. The maximum Gasteiger partial charge on any atom is 0.316 e. The van der Waals surface area contributed by atoms with Crippen molar-refractivity contribution in [2.75, 3.05) is 39.2 Å². The first kappa shape index (κ1) is 17.3. The highest BCUT2D eigenvalue weighted by Crippen LogP contribution is 2.27. The molecular formula is C17H24N6O2. The summed E-state index contributed by atoms with van der Waals surface area (Å²) in [4.78, 5) is 31.9. The molecular weight excluding hydrogens is 320 g/mol. The molecule has 2 aromatic rings. The van der Waals surface area contributed by atoms with Crippen LogP contribution in [0.5, 0.6) is 6.01 Å². The van der Waals surface area contributed by atoms with E-state index >= 15 is 0 Å². The van der Waals surface area contributed by atoms with Gasteiger partial charge in [0.15, 0.2) is 0 Å². The van der Waals surface area contributed by atoms with E-state index < -0.39 is 0 Å². The molecule has 1 unspecified atom stereocenters. The normalized spacial score (nSPS) is 17.7. The summed E-state index contributed by atoms with van der Waals surface area (Å²) in [6.07, 6.45) is 2.81. The summed E-state index contributed by atoms with van der Waals surface area (Å²) in [5.74, 6) is 0.862. The Morgan fingerprint density at radius 3 is 2.88 bits per heavy atom. The first-order valence-electron chi connectivity index (χ1n) is 8.33. The standard InChI is InChI=1S/C17H24N6O2/c1-11-13(8-18-17(19-11)25-4)10-23-6-5-12(9-23)14-7-15(24)21-16(20-14)22(2)3/h7-8,12H,5-6,9-10H2,1-4H3,(H,20,21,24). The van der Waals surface area contributed by atoms with Crippen LogP contribution in [0.4, 0.5) is 5.95 Å². The van der Waals surface area contributed by atoms with Crippen molar-refractivity contribution in [1.82, 2.24) is 24.8 Å². The van der Waals surface area contributed by atoms with Crippen LogP contribution in [0.15, 0.2) is 17.1 Å². The number of methoxy groups -OCH3 is 1. The highest BCUT2D eigenvalue weighted by molar-refractivity contribution is 5.29. The molecule has 0 saturated carbocycles. The molecule has 134 valence electrons. The van der Waals surface area contributed by atoms with Crippen LogP contribution in [-0.2, 0) is 6.54 Å². The molecule has 3 heterocycles. The van der Waals surface area contributed by atoms with Gasteiger partial charge in [0.1, 0.15) is 0 Å². The van der Waals surface area contributed by atoms with Gasteiger partial charge in [-0.3, -0.25) is 14.7 Å². The van der Waals surface area contributed by atoms with Crippen LogP contribution >= 0.6 is 0 Å². The summed E-state index contributed by atoms with van der Waals surface area (Å²) < 4.78 is 5.06. The lowest BCUT2D eigenvalue weighted by molar-refractivity contribution is 0.322. The van der Waals surface area contributed by atoms with Crippen molar-refractivity contribution in [2.45, 2.75) is 25.8 Å². The number of aromatic amines is 1. The van der Waals surface area contributed by atoms with E-state index in [1.807, 2.05) is 32.1 Å². The van der Waals surface area contributed by atoms with Gasteiger partial charge in [0.2, 0.25) is 5.95 Å². The highest BCUT2D eigenvalue weighted by Gasteiger charge is 2.26. The van der Waals surface area contributed by atoms with Crippen LogP contribution in [0.1, 0.15) is 29.3 Å². The third-order valence-corrected chi connectivity index (χ3v) is 4.50. The lowest BCUT2D eigenvalue weighted by atomic mass is 10.1. The predicted molar refractivity (Wildman–Crippen MR) is 95.1 cm³/mol. The number of anilines is 1. The fourth-order valence-corrected chi connectivity index (χ4v) is 3.07. The molecule has 0 spiro atoms. The molecule has 8 heteroatoms. The number of likely N-dealkylation sites (tertiary alicyclic amines) is 1. The number of hydrogen-bond donors (Lipinski definition) is 1. The first-order chi connectivity index (χ1) is 12.0. The van der Waals surface area contributed by atoms with Crippen molar-refractivity contribution in [3.8, 4) is 6.01 Å². The van der Waals surface area contributed by atoms with Crippen molar-refractivity contribution >= 4 is 5.95 Å². The Kier molecular flexibility index (Phi) is 4.98. The van der Waals surface area contributed by atoms with Crippen LogP contribution in [0.3, 0.4) is 0 Å². The average Bonchev–Trinajstić information content (AvgIpc) is 3.04. The molecule has 1 N–H and O–H groups in total. The van der Waals surface area contributed by atoms with Gasteiger partial charge in [0.05, 0.1) is 12.8 Å². The van der Waals surface area contributed by atoms with Crippen molar-refractivity contribution < 1.29 is 4.74 Å². The molecule has 0 radical (unpaired) electrons. The van der Waals surface area contributed by atoms with E-state index in [1.54, 1.807) is 13.2 Å². The van der Waals surface area contributed by atoms with Gasteiger partial charge in [-0.25, -0.2) is 15.0 Å². The molecule has 3 rings (SSSR count). The SMILES string of the molecule is COc1ncc(CN2CCC(c3cc(=O)[nH]c(N(C)C)n3)C2)c(C)n1. The van der Waals surface area contributed by atoms with Crippen LogP contribution in [0.25, 0.3) is 0 Å². The molecule has 1 aliphatic heterocycles. The molecule has 1 saturated heterocycles. The summed E-state index contributed by atoms with van der Waals surface area (Å²) >= 11 is 0. The Morgan fingerprint density at radius 2 is 2.20 bits per heavy atom. The van der Waals surface area contributed by atoms with Gasteiger partial charge in [0.25, 0.3) is 5.56 Å². The Hall–Kier alpha value is -2.48. The molecule has 2 aromatic heterocycles. The Balaban J connectivity index is 1.71. The lowest BCUT2D eigenvalue weighted by Gasteiger charge is -2.17. The Bertz CT molecular complexity index is 804. The zero-order chi connectivity index (χ0) is 18.0. The van der Waals surface area contributed by atoms with E-state index in [1.165, 1.54) is 0 Å². The third-order valence-electron chi connectivity index (χ3n) is 4.50. The zero-order valence-corrected chi connectivity index (χ0v) is 15.1. The van der Waals surface area contributed by atoms with E-state index in [0.29, 0.717) is 12.0 Å². The number of H-pyrrole nitrogens is 1. The van der Waals surface area contributed by atoms with Crippen LogP contribution in [-0.4, -0.2) is 59.1 Å². The number of nitrogens with one attached hydrogen (secondary N) is 1. The monoisotopic (exact) mass is 344 g/mol. The maximum absolute atomic E-state index is 11.9. The smallest absolute Gasteiger partial charge is 0.316 e. The molecule has 8 nitrogen and oxygen atoms in total. The maximum atomic E-state index is 11.9. The Morgan fingerprint density at radius 1 is 1.40 bits per heavy atom. The second-order valence-corrected chi connectivity index (χ2v) is 6.58. The van der Waals surface area contributed by atoms with E-state index in [9.17, 15) is 4.79 Å². The van der Waals surface area contributed by atoms with Crippen molar-refractivity contribution in [3.05, 3.63) is 39.6 Å².